The topological polar surface area (TPSA) is 151 Å². The van der Waals surface area contributed by atoms with E-state index in [4.69, 9.17) is 4.98 Å². The molecule has 4 heterocycles. The number of alkyl halides is 5. The Bertz CT molecular complexity index is 2340. The largest absolute Gasteiger partial charge is 0.435 e. The standard InChI is InChI=1S/C35H34F7N9O3S/c1-17-21(5-6-26(50(17)4)48-44-16-52)23-13-25-31(47-32(55-25)43-15-33(2,3)54)46-28(23)24(11-18-9-19(36)12-20(37)10-18)45-27(53)14-51-30-22(7-8-34(30,38)39)29(49-51)35(40,41)42/h5-6,9-10,12-13,16,24,54H,7-8,11,14-15H2,1-4H3,(H,44,52)(H,45,53)(H,43,46,47)/b48-26-. The zero-order valence-corrected chi connectivity index (χ0v) is 30.5. The number of carbonyl (C=O) groups is 2. The van der Waals surface area contributed by atoms with E-state index in [0.29, 0.717) is 49.3 Å². The molecule has 1 atom stereocenters. The zero-order valence-electron chi connectivity index (χ0n) is 29.7. The van der Waals surface area contributed by atoms with Crippen LogP contribution in [0, 0.1) is 18.6 Å². The van der Waals surface area contributed by atoms with Gasteiger partial charge in [0, 0.05) is 48.5 Å². The maximum atomic E-state index is 14.9. The minimum Gasteiger partial charge on any atom is -0.389 e. The van der Waals surface area contributed by atoms with Gasteiger partial charge in [0.25, 0.3) is 5.92 Å². The average molecular weight is 794 g/mol. The van der Waals surface area contributed by atoms with E-state index in [-0.39, 0.29) is 29.9 Å². The van der Waals surface area contributed by atoms with Crippen molar-refractivity contribution in [2.45, 2.75) is 70.3 Å². The van der Waals surface area contributed by atoms with Crippen molar-refractivity contribution in [3.05, 3.63) is 87.4 Å². The summed E-state index contributed by atoms with van der Waals surface area (Å²) in [6.07, 6.45) is -6.46. The molecular formula is C35H34F7N9O3S. The Morgan fingerprint density at radius 2 is 1.82 bits per heavy atom. The van der Waals surface area contributed by atoms with E-state index < -0.39 is 77.6 Å². The first kappa shape index (κ1) is 39.3. The lowest BCUT2D eigenvalue weighted by atomic mass is 9.94. The number of aliphatic hydroxyl groups is 1. The number of nitrogens with one attached hydrogen (secondary N) is 3. The first-order chi connectivity index (χ1) is 25.7. The highest BCUT2D eigenvalue weighted by molar-refractivity contribution is 7.22. The number of aromatic nitrogens is 5. The summed E-state index contributed by atoms with van der Waals surface area (Å²) in [5.74, 6) is -6.57. The Hall–Kier alpha value is -5.37. The Morgan fingerprint density at radius 3 is 2.47 bits per heavy atom. The Labute approximate surface area is 312 Å². The van der Waals surface area contributed by atoms with Crippen molar-refractivity contribution in [2.24, 2.45) is 12.1 Å². The molecule has 4 N–H and O–H groups in total. The summed E-state index contributed by atoms with van der Waals surface area (Å²) in [5, 5.41) is 23.7. The molecule has 0 saturated carbocycles. The van der Waals surface area contributed by atoms with Gasteiger partial charge in [-0.25, -0.2) is 24.2 Å². The minimum atomic E-state index is -5.06. The number of anilines is 1. The van der Waals surface area contributed by atoms with Gasteiger partial charge >= 0.3 is 6.18 Å². The number of amides is 2. The summed E-state index contributed by atoms with van der Waals surface area (Å²) in [5.41, 5.74) is 0.116. The summed E-state index contributed by atoms with van der Waals surface area (Å²) in [7, 11) is 1.67. The summed E-state index contributed by atoms with van der Waals surface area (Å²) in [6, 6.07) is 6.39. The molecule has 1 unspecified atom stereocenters. The highest BCUT2D eigenvalue weighted by Crippen LogP contribution is 2.46. The van der Waals surface area contributed by atoms with Crippen LogP contribution in [0.5, 0.6) is 0 Å². The van der Waals surface area contributed by atoms with Crippen molar-refractivity contribution in [3.63, 3.8) is 0 Å². The molecule has 0 aliphatic heterocycles. The number of fused-ring (bicyclic) bond motifs is 2. The molecule has 292 valence electrons. The molecule has 2 amide bonds. The molecule has 20 heteroatoms. The lowest BCUT2D eigenvalue weighted by molar-refractivity contribution is -0.142. The van der Waals surface area contributed by atoms with E-state index in [0.717, 1.165) is 12.1 Å². The fraction of sp³-hybridized carbons (Fsp3) is 0.371. The van der Waals surface area contributed by atoms with Crippen LogP contribution in [0.3, 0.4) is 0 Å². The van der Waals surface area contributed by atoms with E-state index in [2.05, 4.69) is 31.2 Å². The highest BCUT2D eigenvalue weighted by Gasteiger charge is 2.50. The number of halogens is 7. The van der Waals surface area contributed by atoms with Gasteiger partial charge in [0.2, 0.25) is 12.3 Å². The first-order valence-electron chi connectivity index (χ1n) is 16.7. The highest BCUT2D eigenvalue weighted by atomic mass is 32.1. The van der Waals surface area contributed by atoms with Gasteiger partial charge in [0.05, 0.1) is 22.0 Å². The number of carbonyl (C=O) groups excluding carboxylic acids is 2. The monoisotopic (exact) mass is 793 g/mol. The lowest BCUT2D eigenvalue weighted by Crippen LogP contribution is -2.35. The van der Waals surface area contributed by atoms with Crippen LogP contribution in [0.4, 0.5) is 35.9 Å². The quantitative estimate of drug-likeness (QED) is 0.0753. The first-order valence-corrected chi connectivity index (χ1v) is 17.5. The number of hydrogen-bond donors (Lipinski definition) is 4. The van der Waals surface area contributed by atoms with E-state index in [1.807, 2.05) is 0 Å². The van der Waals surface area contributed by atoms with Crippen LogP contribution in [0.25, 0.3) is 21.5 Å². The Morgan fingerprint density at radius 1 is 1.11 bits per heavy atom. The number of benzene rings is 1. The molecule has 0 bridgehead atoms. The van der Waals surface area contributed by atoms with Crippen molar-refractivity contribution in [1.29, 1.82) is 0 Å². The third-order valence-electron chi connectivity index (χ3n) is 8.92. The third kappa shape index (κ3) is 8.49. The second kappa shape index (κ2) is 14.7. The van der Waals surface area contributed by atoms with Gasteiger partial charge in [-0.1, -0.05) is 11.3 Å². The third-order valence-corrected chi connectivity index (χ3v) is 9.87. The van der Waals surface area contributed by atoms with Gasteiger partial charge in [-0.05, 0) is 69.5 Å². The number of nitrogens with zero attached hydrogens (tertiary/aromatic N) is 6. The van der Waals surface area contributed by atoms with Crippen LogP contribution in [-0.4, -0.2) is 53.9 Å². The molecule has 4 aromatic heterocycles. The van der Waals surface area contributed by atoms with Gasteiger partial charge in [0.1, 0.15) is 23.9 Å². The summed E-state index contributed by atoms with van der Waals surface area (Å²) >= 11 is 1.20. The second-order valence-corrected chi connectivity index (χ2v) is 14.7. The van der Waals surface area contributed by atoms with Gasteiger partial charge in [-0.15, -0.1) is 0 Å². The Kier molecular flexibility index (Phi) is 10.5. The zero-order chi connectivity index (χ0) is 40.0. The van der Waals surface area contributed by atoms with Gasteiger partial charge in [-0.3, -0.25) is 14.3 Å². The molecular weight excluding hydrogens is 759 g/mol. The fourth-order valence-corrected chi connectivity index (χ4v) is 7.25. The van der Waals surface area contributed by atoms with Crippen molar-refractivity contribution in [3.8, 4) is 11.1 Å². The molecule has 5 aromatic rings. The van der Waals surface area contributed by atoms with Crippen molar-refractivity contribution >= 4 is 39.1 Å². The maximum Gasteiger partial charge on any atom is 0.435 e. The summed E-state index contributed by atoms with van der Waals surface area (Å²) in [4.78, 5) is 34.0. The van der Waals surface area contributed by atoms with Crippen molar-refractivity contribution < 1.29 is 45.4 Å². The molecule has 0 fully saturated rings. The summed E-state index contributed by atoms with van der Waals surface area (Å²) in [6.45, 7) is 4.00. The maximum absolute atomic E-state index is 14.9. The molecule has 0 saturated heterocycles. The summed E-state index contributed by atoms with van der Waals surface area (Å²) < 4.78 is 103. The van der Waals surface area contributed by atoms with Crippen LogP contribution in [0.2, 0.25) is 0 Å². The number of pyridine rings is 2. The molecule has 1 aliphatic rings. The molecule has 0 spiro atoms. The number of thiazole rings is 1. The smallest absolute Gasteiger partial charge is 0.389 e. The van der Waals surface area contributed by atoms with Crippen LogP contribution >= 0.6 is 11.3 Å². The predicted molar refractivity (Wildman–Crippen MR) is 186 cm³/mol. The van der Waals surface area contributed by atoms with Gasteiger partial charge < -0.3 is 20.3 Å². The number of rotatable bonds is 12. The Balaban J connectivity index is 1.50. The second-order valence-electron chi connectivity index (χ2n) is 13.7. The van der Waals surface area contributed by atoms with E-state index in [9.17, 15) is 45.4 Å². The minimum absolute atomic E-state index is 0.0590. The van der Waals surface area contributed by atoms with E-state index >= 15 is 0 Å². The molecule has 0 radical (unpaired) electrons. The number of hydrogen-bond acceptors (Lipinski definition) is 9. The van der Waals surface area contributed by atoms with Crippen LogP contribution in [-0.2, 0) is 48.1 Å². The SMILES string of the molecule is Cc1c(-c2cc3sc(NCC(C)(C)O)nc3nc2C(Cc2cc(F)cc(F)c2)NC(=O)Cn2nc(C(F)(F)F)c3c2C(F)(F)CC3)cc/c(=N/NC=O)n1C. The van der Waals surface area contributed by atoms with E-state index in [1.54, 1.807) is 50.6 Å². The van der Waals surface area contributed by atoms with Crippen molar-refractivity contribution in [2.75, 3.05) is 11.9 Å². The predicted octanol–water partition coefficient (Wildman–Crippen LogP) is 5.38. The molecule has 55 heavy (non-hydrogen) atoms. The van der Waals surface area contributed by atoms with Crippen LogP contribution in [0.1, 0.15) is 60.2 Å². The van der Waals surface area contributed by atoms with Gasteiger partial charge in [0.15, 0.2) is 22.0 Å². The average Bonchev–Trinajstić information content (AvgIpc) is 3.75. The van der Waals surface area contributed by atoms with Crippen LogP contribution < -0.4 is 21.5 Å². The van der Waals surface area contributed by atoms with Crippen LogP contribution in [0.15, 0.2) is 41.5 Å². The molecule has 6 rings (SSSR count). The normalized spacial score (nSPS) is 14.9. The molecule has 1 aromatic carbocycles. The molecule has 1 aliphatic carbocycles. The lowest BCUT2D eigenvalue weighted by Gasteiger charge is -2.23. The molecule has 12 nitrogen and oxygen atoms in total. The van der Waals surface area contributed by atoms with E-state index in [1.165, 1.54) is 11.3 Å². The fourth-order valence-electron chi connectivity index (χ4n) is 6.40. The van der Waals surface area contributed by atoms with Gasteiger partial charge in [-0.2, -0.15) is 32.2 Å². The van der Waals surface area contributed by atoms with Crippen molar-refractivity contribution in [1.82, 2.24) is 35.1 Å².